The number of benzene rings is 1. The van der Waals surface area contributed by atoms with Crippen LogP contribution in [0.5, 0.6) is 0 Å². The maximum atomic E-state index is 12.4. The third-order valence-corrected chi connectivity index (χ3v) is 4.70. The largest absolute Gasteiger partial charge is 0.380 e. The Morgan fingerprint density at radius 3 is 2.50 bits per heavy atom. The van der Waals surface area contributed by atoms with E-state index < -0.39 is 16.0 Å². The Morgan fingerprint density at radius 1 is 1.23 bits per heavy atom. The van der Waals surface area contributed by atoms with Crippen molar-refractivity contribution >= 4 is 27.6 Å². The number of pyridine rings is 1. The van der Waals surface area contributed by atoms with Crippen LogP contribution in [-0.2, 0) is 19.7 Å². The summed E-state index contributed by atoms with van der Waals surface area (Å²) in [5, 5.41) is 3.56. The number of nitrogens with one attached hydrogen (secondary N) is 1. The van der Waals surface area contributed by atoms with E-state index in [1.54, 1.807) is 26.0 Å². The average molecular weight is 376 g/mol. The maximum Gasteiger partial charge on any atom is 0.337 e. The normalized spacial score (nSPS) is 12.1. The van der Waals surface area contributed by atoms with Crippen molar-refractivity contribution in [2.75, 3.05) is 4.72 Å². The lowest BCUT2D eigenvalue weighted by Gasteiger charge is -2.09. The fourth-order valence-corrected chi connectivity index (χ4v) is 2.81. The van der Waals surface area contributed by atoms with Gasteiger partial charge in [0, 0.05) is 11.8 Å². The number of anilines is 1. The van der Waals surface area contributed by atoms with Crippen LogP contribution in [0.1, 0.15) is 25.0 Å². The van der Waals surface area contributed by atoms with Gasteiger partial charge in [0.05, 0.1) is 10.8 Å². The molecule has 0 spiro atoms. The van der Waals surface area contributed by atoms with Crippen molar-refractivity contribution in [3.05, 3.63) is 53.7 Å². The van der Waals surface area contributed by atoms with Gasteiger partial charge in [-0.05, 0) is 31.2 Å². The van der Waals surface area contributed by atoms with E-state index in [9.17, 15) is 13.2 Å². The molecule has 2 rings (SSSR count). The topological polar surface area (TPSA) is 124 Å². The molecule has 0 amide bonds. The SMILES string of the molecule is Cc1ccc(S(=O)(=O)Nc2cc(/C(N)=N\OC(=O)C(C)C)ccn2)cc1. The summed E-state index contributed by atoms with van der Waals surface area (Å²) in [7, 11) is -3.79. The maximum absolute atomic E-state index is 12.4. The number of carbonyl (C=O) groups excluding carboxylic acids is 1. The molecule has 8 nitrogen and oxygen atoms in total. The molecule has 0 aliphatic heterocycles. The number of rotatable bonds is 6. The van der Waals surface area contributed by atoms with Crippen molar-refractivity contribution in [1.82, 2.24) is 4.98 Å². The van der Waals surface area contributed by atoms with Crippen molar-refractivity contribution in [1.29, 1.82) is 0 Å². The first-order valence-electron chi connectivity index (χ1n) is 7.79. The molecule has 0 saturated carbocycles. The summed E-state index contributed by atoms with van der Waals surface area (Å²) in [4.78, 5) is 20.2. The molecule has 9 heteroatoms. The predicted molar refractivity (Wildman–Crippen MR) is 97.9 cm³/mol. The number of hydrogen-bond acceptors (Lipinski definition) is 6. The molecule has 0 aliphatic rings. The molecule has 0 unspecified atom stereocenters. The smallest absolute Gasteiger partial charge is 0.337 e. The highest BCUT2D eigenvalue weighted by molar-refractivity contribution is 7.92. The zero-order valence-electron chi connectivity index (χ0n) is 14.6. The number of nitrogens with two attached hydrogens (primary N) is 1. The van der Waals surface area contributed by atoms with E-state index in [1.807, 2.05) is 6.92 Å². The zero-order valence-corrected chi connectivity index (χ0v) is 15.4. The van der Waals surface area contributed by atoms with Crippen molar-refractivity contribution < 1.29 is 18.0 Å². The van der Waals surface area contributed by atoms with Crippen LogP contribution in [0.25, 0.3) is 0 Å². The lowest BCUT2D eigenvalue weighted by atomic mass is 10.2. The Balaban J connectivity index is 2.19. The van der Waals surface area contributed by atoms with E-state index in [2.05, 4.69) is 14.9 Å². The van der Waals surface area contributed by atoms with Gasteiger partial charge in [0.1, 0.15) is 5.82 Å². The van der Waals surface area contributed by atoms with Crippen LogP contribution < -0.4 is 10.5 Å². The Bertz CT molecular complexity index is 922. The molecule has 0 bridgehead atoms. The summed E-state index contributed by atoms with van der Waals surface area (Å²) in [5.41, 5.74) is 7.08. The van der Waals surface area contributed by atoms with E-state index in [0.717, 1.165) is 5.56 Å². The Morgan fingerprint density at radius 2 is 1.88 bits per heavy atom. The molecular formula is C17H20N4O4S. The van der Waals surface area contributed by atoms with Gasteiger partial charge in [0.2, 0.25) is 0 Å². The molecule has 2 aromatic rings. The molecule has 1 aromatic heterocycles. The minimum atomic E-state index is -3.79. The fourth-order valence-electron chi connectivity index (χ4n) is 1.81. The highest BCUT2D eigenvalue weighted by Crippen LogP contribution is 2.16. The second-order valence-corrected chi connectivity index (χ2v) is 7.57. The van der Waals surface area contributed by atoms with Crippen LogP contribution in [0.4, 0.5) is 5.82 Å². The molecule has 3 N–H and O–H groups in total. The van der Waals surface area contributed by atoms with Crippen LogP contribution in [-0.4, -0.2) is 25.2 Å². The summed E-state index contributed by atoms with van der Waals surface area (Å²) in [6.45, 7) is 5.19. The molecule has 0 aliphatic carbocycles. The number of hydrogen-bond donors (Lipinski definition) is 2. The number of nitrogens with zero attached hydrogens (tertiary/aromatic N) is 2. The van der Waals surface area contributed by atoms with E-state index in [-0.39, 0.29) is 22.5 Å². The Kier molecular flexibility index (Phi) is 5.93. The molecule has 1 aromatic carbocycles. The van der Waals surface area contributed by atoms with Crippen LogP contribution in [0.3, 0.4) is 0 Å². The molecule has 138 valence electrons. The summed E-state index contributed by atoms with van der Waals surface area (Å²) in [6.07, 6.45) is 1.37. The van der Waals surface area contributed by atoms with Gasteiger partial charge in [-0.3, -0.25) is 4.72 Å². The number of carbonyl (C=O) groups is 1. The second kappa shape index (κ2) is 7.96. The Hall–Kier alpha value is -2.94. The number of oxime groups is 1. The average Bonchev–Trinajstić information content (AvgIpc) is 2.59. The van der Waals surface area contributed by atoms with Crippen molar-refractivity contribution in [3.8, 4) is 0 Å². The molecule has 1 heterocycles. The second-order valence-electron chi connectivity index (χ2n) is 5.89. The number of amidine groups is 1. The lowest BCUT2D eigenvalue weighted by Crippen LogP contribution is -2.18. The van der Waals surface area contributed by atoms with E-state index >= 15 is 0 Å². The van der Waals surface area contributed by atoms with Gasteiger partial charge in [-0.15, -0.1) is 0 Å². The van der Waals surface area contributed by atoms with E-state index in [0.29, 0.717) is 5.56 Å². The van der Waals surface area contributed by atoms with Crippen LogP contribution in [0, 0.1) is 12.8 Å². The molecule has 26 heavy (non-hydrogen) atoms. The lowest BCUT2D eigenvalue weighted by molar-refractivity contribution is -0.147. The standard InChI is InChI=1S/C17H20N4O4S/c1-11(2)17(22)25-20-16(18)13-8-9-19-15(10-13)21-26(23,24)14-6-4-12(3)5-7-14/h4-11H,1-3H3,(H2,18,20)(H,19,21). The minimum absolute atomic E-state index is 0.0661. The third-order valence-electron chi connectivity index (χ3n) is 3.33. The van der Waals surface area contributed by atoms with Gasteiger partial charge in [-0.25, -0.2) is 18.2 Å². The first-order valence-corrected chi connectivity index (χ1v) is 9.27. The highest BCUT2D eigenvalue weighted by atomic mass is 32.2. The molecule has 0 fully saturated rings. The van der Waals surface area contributed by atoms with E-state index in [4.69, 9.17) is 10.6 Å². The molecule has 0 radical (unpaired) electrons. The quantitative estimate of drug-likeness (QED) is 0.344. The molecular weight excluding hydrogens is 356 g/mol. The van der Waals surface area contributed by atoms with Crippen LogP contribution in [0.2, 0.25) is 0 Å². The third kappa shape index (κ3) is 5.03. The highest BCUT2D eigenvalue weighted by Gasteiger charge is 2.15. The van der Waals surface area contributed by atoms with Gasteiger partial charge in [-0.1, -0.05) is 36.7 Å². The monoisotopic (exact) mass is 376 g/mol. The summed E-state index contributed by atoms with van der Waals surface area (Å²) in [6, 6.07) is 9.32. The van der Waals surface area contributed by atoms with Gasteiger partial charge < -0.3 is 10.6 Å². The van der Waals surface area contributed by atoms with Crippen molar-refractivity contribution in [2.45, 2.75) is 25.7 Å². The van der Waals surface area contributed by atoms with E-state index in [1.165, 1.54) is 30.5 Å². The van der Waals surface area contributed by atoms with Gasteiger partial charge in [0.15, 0.2) is 5.84 Å². The number of aromatic nitrogens is 1. The first kappa shape index (κ1) is 19.4. The van der Waals surface area contributed by atoms with Crippen molar-refractivity contribution in [3.63, 3.8) is 0 Å². The van der Waals surface area contributed by atoms with Crippen LogP contribution in [0.15, 0.2) is 52.6 Å². The zero-order chi connectivity index (χ0) is 19.3. The number of aryl methyl sites for hydroxylation is 1. The summed E-state index contributed by atoms with van der Waals surface area (Å²) in [5.74, 6) is -0.878. The van der Waals surface area contributed by atoms with Gasteiger partial charge in [0.25, 0.3) is 10.0 Å². The molecule has 0 atom stereocenters. The van der Waals surface area contributed by atoms with Gasteiger partial charge >= 0.3 is 5.97 Å². The minimum Gasteiger partial charge on any atom is -0.380 e. The summed E-state index contributed by atoms with van der Waals surface area (Å²) < 4.78 is 27.2. The van der Waals surface area contributed by atoms with Crippen molar-refractivity contribution in [2.24, 2.45) is 16.8 Å². The van der Waals surface area contributed by atoms with Crippen LogP contribution >= 0.6 is 0 Å². The number of sulfonamides is 1. The first-order chi connectivity index (χ1) is 12.2. The van der Waals surface area contributed by atoms with Gasteiger partial charge in [-0.2, -0.15) is 0 Å². The summed E-state index contributed by atoms with van der Waals surface area (Å²) >= 11 is 0. The molecule has 0 saturated heterocycles. The predicted octanol–water partition coefficient (Wildman–Crippen LogP) is 2.01. The fraction of sp³-hybridized carbons (Fsp3) is 0.235. The Labute approximate surface area is 152 Å².